The summed E-state index contributed by atoms with van der Waals surface area (Å²) in [5, 5.41) is 1.67. The average molecular weight is 752 g/mol. The van der Waals surface area contributed by atoms with Crippen molar-refractivity contribution in [2.45, 2.75) is 161 Å². The van der Waals surface area contributed by atoms with E-state index in [4.69, 9.17) is 23.2 Å². The van der Waals surface area contributed by atoms with Crippen molar-refractivity contribution < 1.29 is 0 Å². The van der Waals surface area contributed by atoms with Crippen molar-refractivity contribution >= 4 is 23.2 Å². The van der Waals surface area contributed by atoms with Gasteiger partial charge in [0.05, 0.1) is 0 Å². The van der Waals surface area contributed by atoms with Gasteiger partial charge in [-0.3, -0.25) is 0 Å². The van der Waals surface area contributed by atoms with Crippen LogP contribution in [-0.4, -0.2) is 0 Å². The fraction of sp³-hybridized carbons (Fsp3) is 0.608. The lowest BCUT2D eigenvalue weighted by molar-refractivity contribution is 0.291. The Labute approximate surface area is 335 Å². The normalized spacial score (nSPS) is 29.0. The van der Waals surface area contributed by atoms with Crippen molar-refractivity contribution in [1.29, 1.82) is 0 Å². The summed E-state index contributed by atoms with van der Waals surface area (Å²) in [4.78, 5) is 0. The monoisotopic (exact) mass is 750 g/mol. The predicted molar refractivity (Wildman–Crippen MR) is 231 cm³/mol. The fourth-order valence-electron chi connectivity index (χ4n) is 9.55. The van der Waals surface area contributed by atoms with Gasteiger partial charge in [-0.15, -0.1) is 0 Å². The molecule has 0 amide bonds. The summed E-state index contributed by atoms with van der Waals surface area (Å²) >= 11 is 12.0. The van der Waals surface area contributed by atoms with Gasteiger partial charge >= 0.3 is 0 Å². The fourth-order valence-corrected chi connectivity index (χ4v) is 9.80. The van der Waals surface area contributed by atoms with E-state index in [0.717, 1.165) is 33.7 Å². The van der Waals surface area contributed by atoms with Gasteiger partial charge in [0.1, 0.15) is 0 Å². The van der Waals surface area contributed by atoms with Gasteiger partial charge in [0.25, 0.3) is 0 Å². The molecule has 0 atom stereocenters. The molecule has 0 aromatic heterocycles. The molecular formula is C51H68Cl2. The minimum absolute atomic E-state index is 0.586. The number of hydrogen-bond acceptors (Lipinski definition) is 0. The second kappa shape index (κ2) is 23.5. The van der Waals surface area contributed by atoms with E-state index in [9.17, 15) is 0 Å². The number of benzene rings is 2. The molecule has 4 saturated carbocycles. The Balaban J connectivity index is 0.000000204. The summed E-state index contributed by atoms with van der Waals surface area (Å²) < 4.78 is 0. The smallest absolute Gasteiger partial charge is 0.0406 e. The van der Waals surface area contributed by atoms with Crippen LogP contribution < -0.4 is 0 Å². The lowest BCUT2D eigenvalue weighted by Crippen LogP contribution is -2.13. The summed E-state index contributed by atoms with van der Waals surface area (Å²) in [5.74, 6) is 19.8. The number of allylic oxidation sites excluding steroid dienone is 4. The molecule has 0 saturated heterocycles. The zero-order valence-electron chi connectivity index (χ0n) is 33.2. The molecule has 0 heterocycles. The SMILES string of the molecule is CCCC1CCC(C=CC#CC2CCC(c3ccc(Cl)cc3)CC2)CC1.CCCCC1CCC(C=CC#CC2CCC(c3ccc(Cl)cc3)CC2)CC1. The molecule has 4 fully saturated rings. The Morgan fingerprint density at radius 1 is 0.491 bits per heavy atom. The van der Waals surface area contributed by atoms with Gasteiger partial charge in [-0.2, -0.15) is 0 Å². The first-order valence-electron chi connectivity index (χ1n) is 21.8. The van der Waals surface area contributed by atoms with Crippen molar-refractivity contribution in [3.05, 3.63) is 94.0 Å². The molecule has 0 aliphatic heterocycles. The van der Waals surface area contributed by atoms with Crippen molar-refractivity contribution in [3.63, 3.8) is 0 Å². The maximum atomic E-state index is 6.00. The van der Waals surface area contributed by atoms with Gasteiger partial charge in [-0.25, -0.2) is 0 Å². The zero-order valence-corrected chi connectivity index (χ0v) is 34.7. The molecular weight excluding hydrogens is 683 g/mol. The Morgan fingerprint density at radius 2 is 0.887 bits per heavy atom. The highest BCUT2D eigenvalue weighted by Crippen LogP contribution is 2.38. The van der Waals surface area contributed by atoms with Crippen LogP contribution in [0.15, 0.2) is 72.8 Å². The van der Waals surface area contributed by atoms with Gasteiger partial charge in [0.15, 0.2) is 0 Å². The molecule has 2 aromatic carbocycles. The zero-order chi connectivity index (χ0) is 37.1. The van der Waals surface area contributed by atoms with E-state index in [1.54, 1.807) is 0 Å². The van der Waals surface area contributed by atoms with Crippen molar-refractivity contribution in [1.82, 2.24) is 0 Å². The quantitative estimate of drug-likeness (QED) is 0.224. The molecule has 53 heavy (non-hydrogen) atoms. The van der Waals surface area contributed by atoms with Gasteiger partial charge < -0.3 is 0 Å². The number of hydrogen-bond donors (Lipinski definition) is 0. The van der Waals surface area contributed by atoms with Crippen molar-refractivity contribution in [2.75, 3.05) is 0 Å². The summed E-state index contributed by atoms with van der Waals surface area (Å²) in [6.45, 7) is 4.61. The molecule has 0 bridgehead atoms. The molecule has 0 spiro atoms. The second-order valence-corrected chi connectivity index (χ2v) is 17.9. The Hall–Kier alpha value is -2.38. The molecule has 286 valence electrons. The largest absolute Gasteiger partial charge is 0.0951 e. The van der Waals surface area contributed by atoms with Crippen molar-refractivity contribution in [3.8, 4) is 23.7 Å². The average Bonchev–Trinajstić information content (AvgIpc) is 3.20. The van der Waals surface area contributed by atoms with E-state index in [-0.39, 0.29) is 0 Å². The van der Waals surface area contributed by atoms with E-state index in [2.05, 4.69) is 86.1 Å². The number of halogens is 2. The van der Waals surface area contributed by atoms with E-state index >= 15 is 0 Å². The highest BCUT2D eigenvalue weighted by molar-refractivity contribution is 6.30. The van der Waals surface area contributed by atoms with Crippen LogP contribution in [0.25, 0.3) is 0 Å². The summed E-state index contributed by atoms with van der Waals surface area (Å²) in [6, 6.07) is 16.8. The summed E-state index contributed by atoms with van der Waals surface area (Å²) in [5.41, 5.74) is 2.89. The van der Waals surface area contributed by atoms with Crippen LogP contribution in [0.3, 0.4) is 0 Å². The lowest BCUT2D eigenvalue weighted by Gasteiger charge is -2.26. The number of unbranched alkanes of at least 4 members (excludes halogenated alkanes) is 1. The Kier molecular flexibility index (Phi) is 18.5. The van der Waals surface area contributed by atoms with E-state index in [1.807, 2.05) is 24.3 Å². The number of rotatable bonds is 9. The molecule has 0 radical (unpaired) electrons. The third-order valence-electron chi connectivity index (χ3n) is 13.1. The lowest BCUT2D eigenvalue weighted by atomic mass is 9.79. The van der Waals surface area contributed by atoms with Gasteiger partial charge in [-0.05, 0) is 186 Å². The second-order valence-electron chi connectivity index (χ2n) is 17.0. The topological polar surface area (TPSA) is 0 Å². The highest BCUT2D eigenvalue weighted by Gasteiger charge is 2.23. The molecule has 6 rings (SSSR count). The first-order valence-corrected chi connectivity index (χ1v) is 22.6. The predicted octanol–water partition coefficient (Wildman–Crippen LogP) is 15.9. The molecule has 2 aromatic rings. The maximum absolute atomic E-state index is 6.00. The van der Waals surface area contributed by atoms with E-state index < -0.39 is 0 Å². The first kappa shape index (κ1) is 41.8. The molecule has 0 unspecified atom stereocenters. The minimum atomic E-state index is 0.586. The molecule has 4 aliphatic rings. The molecule has 4 aliphatic carbocycles. The van der Waals surface area contributed by atoms with Crippen LogP contribution >= 0.6 is 23.2 Å². The summed E-state index contributed by atoms with van der Waals surface area (Å²) in [6.07, 6.45) is 37.2. The maximum Gasteiger partial charge on any atom is 0.0406 e. The van der Waals surface area contributed by atoms with Crippen molar-refractivity contribution in [2.24, 2.45) is 35.5 Å². The Bertz CT molecular complexity index is 1480. The Morgan fingerprint density at radius 3 is 1.26 bits per heavy atom. The minimum Gasteiger partial charge on any atom is -0.0951 e. The molecule has 2 heteroatoms. The molecule has 0 nitrogen and oxygen atoms in total. The standard InChI is InChI=1S/C26H35Cl.C25H33Cl/c1-2-3-6-21-9-11-22(12-10-21)7-4-5-8-23-13-15-24(16-14-23)25-17-19-26(27)20-18-25;1-2-5-20-8-10-21(11-9-20)6-3-4-7-22-12-14-23(15-13-22)24-16-18-25(26)19-17-24/h4,7,17-24H,2-3,6,9-16H2,1H3;3,6,16-23H,2,5,8-15H2,1H3. The van der Waals surface area contributed by atoms with Crippen LogP contribution in [0.1, 0.15) is 172 Å². The van der Waals surface area contributed by atoms with Crippen LogP contribution in [0.2, 0.25) is 10.0 Å². The van der Waals surface area contributed by atoms with Crippen LogP contribution in [-0.2, 0) is 0 Å². The third kappa shape index (κ3) is 15.0. The summed E-state index contributed by atoms with van der Waals surface area (Å²) in [7, 11) is 0. The van der Waals surface area contributed by atoms with Crippen LogP contribution in [0.4, 0.5) is 0 Å². The van der Waals surface area contributed by atoms with E-state index in [1.165, 1.54) is 146 Å². The highest BCUT2D eigenvalue weighted by atomic mass is 35.5. The van der Waals surface area contributed by atoms with Crippen LogP contribution in [0.5, 0.6) is 0 Å². The van der Waals surface area contributed by atoms with Crippen LogP contribution in [0, 0.1) is 59.2 Å². The molecule has 0 N–H and O–H groups in total. The van der Waals surface area contributed by atoms with Gasteiger partial charge in [-0.1, -0.05) is 129 Å². The third-order valence-corrected chi connectivity index (χ3v) is 13.6. The van der Waals surface area contributed by atoms with E-state index in [0.29, 0.717) is 23.7 Å². The first-order chi connectivity index (χ1) is 26.0. The van der Waals surface area contributed by atoms with Gasteiger partial charge in [0.2, 0.25) is 0 Å². The van der Waals surface area contributed by atoms with Gasteiger partial charge in [0, 0.05) is 21.9 Å².